The van der Waals surface area contributed by atoms with Gasteiger partial charge in [0.1, 0.15) is 0 Å². The Balaban J connectivity index is 1.22. The number of Topliss-reactive ketones (excluding diaryl/α,β-unsaturated/α-hetero) is 2. The molecule has 0 amide bonds. The van der Waals surface area contributed by atoms with Gasteiger partial charge in [0.15, 0.2) is 11.6 Å². The minimum absolute atomic E-state index is 0.203. The molecule has 5 aliphatic carbocycles. The maximum Gasteiger partial charge on any atom is 0.172 e. The fraction of sp³-hybridized carbons (Fsp3) is 0.750. The third-order valence-corrected chi connectivity index (χ3v) is 12.3. The quantitative estimate of drug-likeness (QED) is 0.524. The van der Waals surface area contributed by atoms with Crippen LogP contribution in [0.2, 0.25) is 0 Å². The fourth-order valence-corrected chi connectivity index (χ4v) is 11.5. The lowest BCUT2D eigenvalue weighted by Crippen LogP contribution is -2.38. The predicted octanol–water partition coefficient (Wildman–Crippen LogP) is 5.53. The number of carbonyl (C=O) groups is 2. The molecule has 0 aromatic rings. The molecular weight excluding hydrogens is 384 g/mol. The van der Waals surface area contributed by atoms with Gasteiger partial charge in [-0.15, -0.1) is 23.5 Å². The average molecular weight is 413 g/mol. The molecule has 2 heterocycles. The summed E-state index contributed by atoms with van der Waals surface area (Å²) in [5.41, 5.74) is 3.07. The maximum atomic E-state index is 13.4. The highest BCUT2D eigenvalue weighted by atomic mass is 32.2. The molecule has 7 rings (SSSR count). The average Bonchev–Trinajstić information content (AvgIpc) is 3.42. The number of carbonyl (C=O) groups excluding carboxylic acids is 2. The summed E-state index contributed by atoms with van der Waals surface area (Å²) in [5.74, 6) is 3.47. The van der Waals surface area contributed by atoms with Crippen LogP contribution in [0.4, 0.5) is 0 Å². The molecule has 0 aromatic carbocycles. The Morgan fingerprint density at radius 3 is 1.43 bits per heavy atom. The first-order valence-corrected chi connectivity index (χ1v) is 13.4. The van der Waals surface area contributed by atoms with Crippen LogP contribution in [-0.4, -0.2) is 22.1 Å². The number of hydrogen-bond acceptors (Lipinski definition) is 4. The zero-order valence-electron chi connectivity index (χ0n) is 16.3. The van der Waals surface area contributed by atoms with Crippen molar-refractivity contribution in [2.45, 2.75) is 74.7 Å². The second kappa shape index (κ2) is 6.03. The molecule has 7 aliphatic rings. The van der Waals surface area contributed by atoms with E-state index in [1.807, 2.05) is 23.5 Å². The van der Waals surface area contributed by atoms with Crippen LogP contribution in [-0.2, 0) is 9.59 Å². The van der Waals surface area contributed by atoms with Crippen LogP contribution in [0.5, 0.6) is 0 Å². The fourth-order valence-electron chi connectivity index (χ4n) is 8.06. The van der Waals surface area contributed by atoms with Gasteiger partial charge in [-0.1, -0.05) is 25.7 Å². The van der Waals surface area contributed by atoms with Crippen molar-refractivity contribution in [2.24, 2.45) is 35.5 Å². The SMILES string of the molecule is O=C1C2=C(C3CCCCC3S2)C2CC3C(=O)C4=C(C5CCCCC5S4)C3CC12. The van der Waals surface area contributed by atoms with Gasteiger partial charge in [0.05, 0.1) is 9.81 Å². The first kappa shape index (κ1) is 17.2. The Morgan fingerprint density at radius 2 is 0.964 bits per heavy atom. The van der Waals surface area contributed by atoms with E-state index in [-0.39, 0.29) is 11.8 Å². The summed E-state index contributed by atoms with van der Waals surface area (Å²) >= 11 is 3.87. The van der Waals surface area contributed by atoms with Crippen LogP contribution in [0.1, 0.15) is 64.2 Å². The molecule has 148 valence electrons. The molecule has 0 saturated heterocycles. The summed E-state index contributed by atoms with van der Waals surface area (Å²) < 4.78 is 0. The van der Waals surface area contributed by atoms with Gasteiger partial charge < -0.3 is 0 Å². The van der Waals surface area contributed by atoms with Crippen molar-refractivity contribution >= 4 is 35.1 Å². The van der Waals surface area contributed by atoms with E-state index >= 15 is 0 Å². The van der Waals surface area contributed by atoms with Gasteiger partial charge in [0.2, 0.25) is 0 Å². The molecule has 0 radical (unpaired) electrons. The summed E-state index contributed by atoms with van der Waals surface area (Å²) in [7, 11) is 0. The summed E-state index contributed by atoms with van der Waals surface area (Å²) in [6.07, 6.45) is 12.4. The van der Waals surface area contributed by atoms with Crippen LogP contribution in [0, 0.1) is 35.5 Å². The van der Waals surface area contributed by atoms with E-state index in [0.717, 1.165) is 12.8 Å². The molecule has 2 aliphatic heterocycles. The van der Waals surface area contributed by atoms with Crippen molar-refractivity contribution in [3.8, 4) is 0 Å². The van der Waals surface area contributed by atoms with Crippen LogP contribution in [0.3, 0.4) is 0 Å². The largest absolute Gasteiger partial charge is 0.293 e. The van der Waals surface area contributed by atoms with Gasteiger partial charge >= 0.3 is 0 Å². The highest BCUT2D eigenvalue weighted by Gasteiger charge is 2.60. The monoisotopic (exact) mass is 412 g/mol. The molecule has 0 bridgehead atoms. The topological polar surface area (TPSA) is 34.1 Å². The zero-order chi connectivity index (χ0) is 18.6. The Kier molecular flexibility index (Phi) is 3.71. The number of thioether (sulfide) groups is 2. The normalized spacial score (nSPS) is 49.0. The molecule has 4 heteroatoms. The molecule has 8 atom stereocenters. The molecule has 2 nitrogen and oxygen atoms in total. The Morgan fingerprint density at radius 1 is 0.536 bits per heavy atom. The summed E-state index contributed by atoms with van der Waals surface area (Å²) in [6.45, 7) is 0. The third kappa shape index (κ3) is 2.10. The van der Waals surface area contributed by atoms with E-state index < -0.39 is 0 Å². The molecule has 0 spiro atoms. The minimum atomic E-state index is 0.203. The Hall–Kier alpha value is -0.480. The van der Waals surface area contributed by atoms with Gasteiger partial charge in [0.25, 0.3) is 0 Å². The first-order valence-electron chi connectivity index (χ1n) is 11.6. The number of ketones is 2. The zero-order valence-corrected chi connectivity index (χ0v) is 18.0. The van der Waals surface area contributed by atoms with E-state index in [0.29, 0.717) is 45.7 Å². The van der Waals surface area contributed by atoms with Gasteiger partial charge in [0, 0.05) is 22.3 Å². The predicted molar refractivity (Wildman–Crippen MR) is 114 cm³/mol. The lowest BCUT2D eigenvalue weighted by atomic mass is 9.63. The number of rotatable bonds is 0. The molecule has 3 fully saturated rings. The minimum Gasteiger partial charge on any atom is -0.293 e. The number of allylic oxidation sites excluding steroid dienone is 4. The van der Waals surface area contributed by atoms with E-state index in [9.17, 15) is 9.59 Å². The standard InChI is InChI=1S/C24H28O2S2/c25-21-15-10-14-16(22(26)24-20(14)12-6-2-4-8-18(12)28-24)9-13(15)19-11-5-1-3-7-17(11)27-23(19)21/h11-18H,1-10H2. The van der Waals surface area contributed by atoms with Crippen molar-refractivity contribution < 1.29 is 9.59 Å². The third-order valence-electron chi connectivity index (χ3n) is 9.17. The van der Waals surface area contributed by atoms with Crippen molar-refractivity contribution in [1.29, 1.82) is 0 Å². The highest BCUT2D eigenvalue weighted by Crippen LogP contribution is 2.66. The lowest BCUT2D eigenvalue weighted by Gasteiger charge is -2.41. The van der Waals surface area contributed by atoms with Crippen molar-refractivity contribution in [1.82, 2.24) is 0 Å². The first-order chi connectivity index (χ1) is 13.7. The summed E-state index contributed by atoms with van der Waals surface area (Å²) in [5, 5.41) is 1.34. The van der Waals surface area contributed by atoms with Crippen LogP contribution < -0.4 is 0 Å². The van der Waals surface area contributed by atoms with E-state index in [2.05, 4.69) is 0 Å². The number of fused-ring (bicyclic) bond motifs is 8. The molecule has 0 aromatic heterocycles. The summed E-state index contributed by atoms with van der Waals surface area (Å²) in [6, 6.07) is 0. The van der Waals surface area contributed by atoms with Crippen LogP contribution >= 0.6 is 23.5 Å². The molecule has 28 heavy (non-hydrogen) atoms. The molecular formula is C24H28O2S2. The smallest absolute Gasteiger partial charge is 0.172 e. The van der Waals surface area contributed by atoms with Gasteiger partial charge in [-0.25, -0.2) is 0 Å². The molecule has 0 N–H and O–H groups in total. The van der Waals surface area contributed by atoms with Gasteiger partial charge in [-0.05, 0) is 73.3 Å². The lowest BCUT2D eigenvalue weighted by molar-refractivity contribution is -0.124. The second-order valence-corrected chi connectivity index (χ2v) is 12.8. The number of hydrogen-bond donors (Lipinski definition) is 0. The van der Waals surface area contributed by atoms with Crippen molar-refractivity contribution in [3.63, 3.8) is 0 Å². The Bertz CT molecular complexity index is 785. The molecule has 8 unspecified atom stereocenters. The summed E-state index contributed by atoms with van der Waals surface area (Å²) in [4.78, 5) is 29.2. The van der Waals surface area contributed by atoms with Crippen LogP contribution in [0.15, 0.2) is 21.0 Å². The van der Waals surface area contributed by atoms with Crippen LogP contribution in [0.25, 0.3) is 0 Å². The Labute approximate surface area is 175 Å². The van der Waals surface area contributed by atoms with Gasteiger partial charge in [-0.3, -0.25) is 9.59 Å². The maximum absolute atomic E-state index is 13.4. The van der Waals surface area contributed by atoms with E-state index in [4.69, 9.17) is 0 Å². The van der Waals surface area contributed by atoms with Gasteiger partial charge in [-0.2, -0.15) is 0 Å². The van der Waals surface area contributed by atoms with Crippen molar-refractivity contribution in [3.05, 3.63) is 21.0 Å². The van der Waals surface area contributed by atoms with E-state index in [1.165, 1.54) is 72.3 Å². The highest BCUT2D eigenvalue weighted by molar-refractivity contribution is 8.05. The molecule has 3 saturated carbocycles. The van der Waals surface area contributed by atoms with Crippen molar-refractivity contribution in [2.75, 3.05) is 0 Å². The van der Waals surface area contributed by atoms with E-state index in [1.54, 1.807) is 0 Å². The second-order valence-electron chi connectivity index (χ2n) is 10.3.